The summed E-state index contributed by atoms with van der Waals surface area (Å²) >= 11 is 0. The number of H-pyrrole nitrogens is 1. The van der Waals surface area contributed by atoms with Crippen LogP contribution in [0.5, 0.6) is 0 Å². The van der Waals surface area contributed by atoms with Crippen LogP contribution < -0.4 is 11.2 Å². The van der Waals surface area contributed by atoms with Crippen molar-refractivity contribution in [2.75, 3.05) is 7.11 Å². The zero-order valence-corrected chi connectivity index (χ0v) is 9.88. The van der Waals surface area contributed by atoms with Gasteiger partial charge < -0.3 is 9.84 Å². The van der Waals surface area contributed by atoms with Crippen molar-refractivity contribution in [3.63, 3.8) is 0 Å². The van der Waals surface area contributed by atoms with Gasteiger partial charge in [-0.05, 0) is 19.3 Å². The topological polar surface area (TPSA) is 101 Å². The molecule has 98 valence electrons. The molecule has 18 heavy (non-hydrogen) atoms. The molecular weight excluding hydrogens is 240 g/mol. The van der Waals surface area contributed by atoms with E-state index in [4.69, 9.17) is 9.84 Å². The van der Waals surface area contributed by atoms with Gasteiger partial charge in [0.1, 0.15) is 5.56 Å². The lowest BCUT2D eigenvalue weighted by molar-refractivity contribution is 0.0676. The first-order valence-corrected chi connectivity index (χ1v) is 5.66. The number of rotatable bonds is 3. The fourth-order valence-electron chi connectivity index (χ4n) is 2.38. The fourth-order valence-corrected chi connectivity index (χ4v) is 2.38. The molecule has 7 heteroatoms. The van der Waals surface area contributed by atoms with Crippen LogP contribution in [0.25, 0.3) is 0 Å². The van der Waals surface area contributed by atoms with Gasteiger partial charge in [-0.3, -0.25) is 14.3 Å². The Morgan fingerprint density at radius 2 is 2.22 bits per heavy atom. The van der Waals surface area contributed by atoms with Gasteiger partial charge in [-0.25, -0.2) is 9.59 Å². The Hall–Kier alpha value is -1.89. The van der Waals surface area contributed by atoms with E-state index in [-0.39, 0.29) is 12.1 Å². The zero-order chi connectivity index (χ0) is 13.3. The number of ether oxygens (including phenoxy) is 1. The van der Waals surface area contributed by atoms with E-state index in [0.29, 0.717) is 0 Å². The smallest absolute Gasteiger partial charge is 0.342 e. The van der Waals surface area contributed by atoms with Gasteiger partial charge in [0.25, 0.3) is 5.56 Å². The van der Waals surface area contributed by atoms with E-state index in [1.165, 1.54) is 4.57 Å². The number of aromatic nitrogens is 2. The maximum absolute atomic E-state index is 11.7. The molecule has 0 radical (unpaired) electrons. The number of aromatic amines is 1. The molecule has 0 bridgehead atoms. The normalized spacial score (nSPS) is 23.2. The quantitative estimate of drug-likeness (QED) is 0.789. The molecule has 1 saturated carbocycles. The molecule has 1 aliphatic rings. The van der Waals surface area contributed by atoms with Gasteiger partial charge in [0.05, 0.1) is 12.1 Å². The van der Waals surface area contributed by atoms with Gasteiger partial charge >= 0.3 is 11.7 Å². The minimum absolute atomic E-state index is 0.129. The number of carboxylic acids is 1. The summed E-state index contributed by atoms with van der Waals surface area (Å²) in [6.07, 6.45) is 3.41. The molecule has 0 amide bonds. The van der Waals surface area contributed by atoms with Crippen molar-refractivity contribution < 1.29 is 14.6 Å². The number of methoxy groups -OCH3 is 1. The number of carboxylic acid groups (broad SMARTS) is 1. The molecule has 7 nitrogen and oxygen atoms in total. The predicted octanol–water partition coefficient (Wildman–Crippen LogP) is -0.0252. The molecule has 1 aromatic heterocycles. The highest BCUT2D eigenvalue weighted by atomic mass is 16.5. The minimum atomic E-state index is -1.35. The lowest BCUT2D eigenvalue weighted by Crippen LogP contribution is -2.37. The molecule has 1 fully saturated rings. The molecule has 1 aromatic rings. The van der Waals surface area contributed by atoms with Crippen LogP contribution >= 0.6 is 0 Å². The third-order valence-electron chi connectivity index (χ3n) is 3.28. The monoisotopic (exact) mass is 254 g/mol. The average molecular weight is 254 g/mol. The number of nitrogens with one attached hydrogen (secondary N) is 1. The van der Waals surface area contributed by atoms with Crippen molar-refractivity contribution in [3.8, 4) is 0 Å². The van der Waals surface area contributed by atoms with Crippen molar-refractivity contribution in [3.05, 3.63) is 32.6 Å². The van der Waals surface area contributed by atoms with E-state index >= 15 is 0 Å². The molecule has 0 aliphatic heterocycles. The Bertz CT molecular complexity index is 574. The molecular formula is C11H14N2O5. The highest BCUT2D eigenvalue weighted by molar-refractivity contribution is 5.86. The third kappa shape index (κ3) is 2.08. The first kappa shape index (κ1) is 12.6. The zero-order valence-electron chi connectivity index (χ0n) is 9.88. The number of nitrogens with zero attached hydrogens (tertiary/aromatic N) is 1. The van der Waals surface area contributed by atoms with Gasteiger partial charge in [-0.15, -0.1) is 0 Å². The number of hydrogen-bond acceptors (Lipinski definition) is 4. The first-order valence-electron chi connectivity index (χ1n) is 5.66. The Kier molecular flexibility index (Phi) is 3.33. The van der Waals surface area contributed by atoms with Crippen molar-refractivity contribution in [2.24, 2.45) is 0 Å². The first-order chi connectivity index (χ1) is 8.54. The predicted molar refractivity (Wildman–Crippen MR) is 62.0 cm³/mol. The van der Waals surface area contributed by atoms with Gasteiger partial charge in [-0.2, -0.15) is 0 Å². The standard InChI is InChI=1S/C11H14N2O5/c1-18-8-4-2-3-7(8)13-5-6(10(15)16)9(14)12-11(13)17/h5,7-8H,2-4H2,1H3,(H,15,16)(H,12,14,17). The maximum atomic E-state index is 11.7. The highest BCUT2D eigenvalue weighted by Gasteiger charge is 2.30. The highest BCUT2D eigenvalue weighted by Crippen LogP contribution is 2.30. The van der Waals surface area contributed by atoms with Crippen molar-refractivity contribution in [1.82, 2.24) is 9.55 Å². The lowest BCUT2D eigenvalue weighted by atomic mass is 10.2. The number of carbonyl (C=O) groups is 1. The van der Waals surface area contributed by atoms with Crippen LogP contribution in [0.1, 0.15) is 35.7 Å². The molecule has 1 heterocycles. The number of hydrogen-bond donors (Lipinski definition) is 2. The van der Waals surface area contributed by atoms with E-state index < -0.39 is 22.8 Å². The van der Waals surface area contributed by atoms with Crippen LogP contribution in [-0.4, -0.2) is 33.8 Å². The van der Waals surface area contributed by atoms with Crippen molar-refractivity contribution >= 4 is 5.97 Å². The van der Waals surface area contributed by atoms with Crippen LogP contribution in [0.15, 0.2) is 15.8 Å². The Balaban J connectivity index is 2.51. The summed E-state index contributed by atoms with van der Waals surface area (Å²) in [7, 11) is 1.55. The molecule has 0 saturated heterocycles. The Morgan fingerprint density at radius 1 is 1.50 bits per heavy atom. The summed E-state index contributed by atoms with van der Waals surface area (Å²) in [6, 6.07) is -0.225. The molecule has 2 unspecified atom stereocenters. The van der Waals surface area contributed by atoms with E-state index in [1.54, 1.807) is 7.11 Å². The molecule has 0 spiro atoms. The molecule has 0 aromatic carbocycles. The van der Waals surface area contributed by atoms with Gasteiger partial charge in [0, 0.05) is 13.3 Å². The summed E-state index contributed by atoms with van der Waals surface area (Å²) in [5.41, 5.74) is -1.91. The maximum Gasteiger partial charge on any atom is 0.342 e. The second kappa shape index (κ2) is 4.77. The summed E-state index contributed by atoms with van der Waals surface area (Å²) in [5.74, 6) is -1.35. The largest absolute Gasteiger partial charge is 0.477 e. The second-order valence-corrected chi connectivity index (χ2v) is 4.29. The third-order valence-corrected chi connectivity index (χ3v) is 3.28. The van der Waals surface area contributed by atoms with E-state index in [1.807, 2.05) is 4.98 Å². The molecule has 1 aliphatic carbocycles. The fraction of sp³-hybridized carbons (Fsp3) is 0.545. The van der Waals surface area contributed by atoms with Crippen LogP contribution in [0.4, 0.5) is 0 Å². The van der Waals surface area contributed by atoms with Crippen LogP contribution in [0.2, 0.25) is 0 Å². The Morgan fingerprint density at radius 3 is 2.83 bits per heavy atom. The summed E-state index contributed by atoms with van der Waals surface area (Å²) < 4.78 is 6.52. The van der Waals surface area contributed by atoms with Crippen LogP contribution in [0, 0.1) is 0 Å². The van der Waals surface area contributed by atoms with Crippen LogP contribution in [-0.2, 0) is 4.74 Å². The second-order valence-electron chi connectivity index (χ2n) is 4.29. The molecule has 2 rings (SSSR count). The average Bonchev–Trinajstić information content (AvgIpc) is 2.76. The van der Waals surface area contributed by atoms with E-state index in [9.17, 15) is 14.4 Å². The van der Waals surface area contributed by atoms with Crippen molar-refractivity contribution in [1.29, 1.82) is 0 Å². The number of aromatic carboxylic acids is 1. The summed E-state index contributed by atoms with van der Waals surface area (Å²) in [4.78, 5) is 36.0. The Labute approximate surface area is 102 Å². The van der Waals surface area contributed by atoms with Gasteiger partial charge in [0.2, 0.25) is 0 Å². The minimum Gasteiger partial charge on any atom is -0.477 e. The molecule has 2 atom stereocenters. The van der Waals surface area contributed by atoms with Gasteiger partial charge in [-0.1, -0.05) is 0 Å². The SMILES string of the molecule is COC1CCCC1n1cc(C(=O)O)c(=O)[nH]c1=O. The lowest BCUT2D eigenvalue weighted by Gasteiger charge is -2.20. The van der Waals surface area contributed by atoms with E-state index in [2.05, 4.69) is 0 Å². The summed E-state index contributed by atoms with van der Waals surface area (Å²) in [6.45, 7) is 0. The van der Waals surface area contributed by atoms with Crippen molar-refractivity contribution in [2.45, 2.75) is 31.4 Å². The summed E-state index contributed by atoms with van der Waals surface area (Å²) in [5, 5.41) is 8.88. The van der Waals surface area contributed by atoms with Gasteiger partial charge in [0.15, 0.2) is 0 Å². The van der Waals surface area contributed by atoms with Crippen LogP contribution in [0.3, 0.4) is 0 Å². The van der Waals surface area contributed by atoms with E-state index in [0.717, 1.165) is 25.5 Å². The molecule has 2 N–H and O–H groups in total.